The maximum Gasteiger partial charge on any atom is 0.205 e. The van der Waals surface area contributed by atoms with Gasteiger partial charge in [-0.2, -0.15) is 4.37 Å². The lowest BCUT2D eigenvalue weighted by atomic mass is 10.0. The molecule has 1 aromatic heterocycles. The van der Waals surface area contributed by atoms with E-state index in [1.165, 1.54) is 18.6 Å². The van der Waals surface area contributed by atoms with E-state index >= 15 is 0 Å². The number of rotatable bonds is 5. The standard InChI is InChI=1S/C17H22FN3O2S/c1-17(2,23-4)15-19-16(24-20-15)21-9-5-6-13(21)11-7-8-14(22-3)12(18)10-11/h7-8,10,13H,5-6,9H2,1-4H3. The first-order chi connectivity index (χ1) is 11.5. The number of ether oxygens (including phenoxy) is 2. The van der Waals surface area contributed by atoms with E-state index in [0.717, 1.165) is 30.1 Å². The molecule has 1 fully saturated rings. The second-order valence-corrected chi connectivity index (χ2v) is 7.09. The third-order valence-electron chi connectivity index (χ3n) is 4.52. The third-order valence-corrected chi connectivity index (χ3v) is 5.28. The topological polar surface area (TPSA) is 47.5 Å². The van der Waals surface area contributed by atoms with E-state index in [9.17, 15) is 4.39 Å². The van der Waals surface area contributed by atoms with Crippen LogP contribution in [0, 0.1) is 5.82 Å². The first-order valence-electron chi connectivity index (χ1n) is 7.95. The minimum Gasteiger partial charge on any atom is -0.494 e. The predicted octanol–water partition coefficient (Wildman–Crippen LogP) is 3.91. The van der Waals surface area contributed by atoms with Gasteiger partial charge in [0.2, 0.25) is 5.13 Å². The summed E-state index contributed by atoms with van der Waals surface area (Å²) >= 11 is 1.37. The molecule has 7 heteroatoms. The van der Waals surface area contributed by atoms with E-state index in [0.29, 0.717) is 5.82 Å². The monoisotopic (exact) mass is 351 g/mol. The van der Waals surface area contributed by atoms with Gasteiger partial charge in [-0.3, -0.25) is 0 Å². The molecule has 2 aromatic rings. The highest BCUT2D eigenvalue weighted by Crippen LogP contribution is 2.38. The first-order valence-corrected chi connectivity index (χ1v) is 8.73. The zero-order valence-corrected chi connectivity index (χ0v) is 15.2. The van der Waals surface area contributed by atoms with Gasteiger partial charge in [-0.1, -0.05) is 6.07 Å². The Kier molecular flexibility index (Phi) is 4.73. The van der Waals surface area contributed by atoms with Crippen LogP contribution in [0.5, 0.6) is 5.75 Å². The van der Waals surface area contributed by atoms with Crippen molar-refractivity contribution in [2.24, 2.45) is 0 Å². The van der Waals surface area contributed by atoms with E-state index in [1.807, 2.05) is 19.9 Å². The highest BCUT2D eigenvalue weighted by Gasteiger charge is 2.32. The van der Waals surface area contributed by atoms with E-state index in [-0.39, 0.29) is 17.6 Å². The molecule has 130 valence electrons. The van der Waals surface area contributed by atoms with Gasteiger partial charge < -0.3 is 14.4 Å². The number of aromatic nitrogens is 2. The Bertz CT molecular complexity index is 720. The van der Waals surface area contributed by atoms with Gasteiger partial charge >= 0.3 is 0 Å². The summed E-state index contributed by atoms with van der Waals surface area (Å²) in [5, 5.41) is 0.855. The molecular weight excluding hydrogens is 329 g/mol. The molecule has 3 rings (SSSR count). The Labute approximate surface area is 145 Å². The van der Waals surface area contributed by atoms with Crippen molar-refractivity contribution in [2.45, 2.75) is 38.3 Å². The van der Waals surface area contributed by atoms with Crippen LogP contribution in [0.25, 0.3) is 0 Å². The molecule has 1 atom stereocenters. The SMILES string of the molecule is COc1ccc(C2CCCN2c2nc(C(C)(C)OC)ns2)cc1F. The molecule has 0 N–H and O–H groups in total. The second kappa shape index (κ2) is 6.64. The molecule has 1 unspecified atom stereocenters. The summed E-state index contributed by atoms with van der Waals surface area (Å²) in [6.45, 7) is 4.78. The van der Waals surface area contributed by atoms with Crippen molar-refractivity contribution in [3.8, 4) is 5.75 Å². The van der Waals surface area contributed by atoms with E-state index in [1.54, 1.807) is 19.2 Å². The molecule has 0 amide bonds. The van der Waals surface area contributed by atoms with Gasteiger partial charge in [0.25, 0.3) is 0 Å². The van der Waals surface area contributed by atoms with Crippen molar-refractivity contribution < 1.29 is 13.9 Å². The lowest BCUT2D eigenvalue weighted by Gasteiger charge is -2.24. The Hall–Kier alpha value is -1.73. The van der Waals surface area contributed by atoms with Crippen LogP contribution in [0.3, 0.4) is 0 Å². The number of benzene rings is 1. The maximum absolute atomic E-state index is 14.1. The minimum absolute atomic E-state index is 0.108. The third kappa shape index (κ3) is 3.10. The molecule has 2 heterocycles. The van der Waals surface area contributed by atoms with Gasteiger partial charge in [0.15, 0.2) is 17.4 Å². The van der Waals surface area contributed by atoms with E-state index in [4.69, 9.17) is 9.47 Å². The Morgan fingerprint density at radius 2 is 2.12 bits per heavy atom. The number of anilines is 1. The van der Waals surface area contributed by atoms with E-state index in [2.05, 4.69) is 14.3 Å². The number of halogens is 1. The van der Waals surface area contributed by atoms with Crippen molar-refractivity contribution in [1.29, 1.82) is 0 Å². The zero-order valence-electron chi connectivity index (χ0n) is 14.4. The van der Waals surface area contributed by atoms with Gasteiger partial charge in [0, 0.05) is 25.2 Å². The van der Waals surface area contributed by atoms with Crippen LogP contribution in [0.4, 0.5) is 9.52 Å². The van der Waals surface area contributed by atoms with Crippen molar-refractivity contribution in [3.05, 3.63) is 35.4 Å². The molecule has 0 radical (unpaired) electrons. The smallest absolute Gasteiger partial charge is 0.205 e. The molecule has 0 aliphatic carbocycles. The van der Waals surface area contributed by atoms with Gasteiger partial charge in [-0.05, 0) is 44.4 Å². The van der Waals surface area contributed by atoms with Crippen LogP contribution in [0.15, 0.2) is 18.2 Å². The molecule has 5 nitrogen and oxygen atoms in total. The molecule has 0 spiro atoms. The van der Waals surface area contributed by atoms with Gasteiger partial charge in [-0.25, -0.2) is 9.37 Å². The molecule has 1 saturated heterocycles. The molecular formula is C17H22FN3O2S. The van der Waals surface area contributed by atoms with Crippen LogP contribution >= 0.6 is 11.5 Å². The lowest BCUT2D eigenvalue weighted by molar-refractivity contribution is 0.0125. The van der Waals surface area contributed by atoms with Crippen LogP contribution in [-0.4, -0.2) is 30.1 Å². The predicted molar refractivity (Wildman–Crippen MR) is 92.2 cm³/mol. The highest BCUT2D eigenvalue weighted by atomic mass is 32.1. The first kappa shape index (κ1) is 17.1. The summed E-state index contributed by atoms with van der Waals surface area (Å²) < 4.78 is 29.0. The van der Waals surface area contributed by atoms with Crippen molar-refractivity contribution in [2.75, 3.05) is 25.7 Å². The summed E-state index contributed by atoms with van der Waals surface area (Å²) in [6, 6.07) is 5.27. The van der Waals surface area contributed by atoms with Gasteiger partial charge in [0.05, 0.1) is 13.2 Å². The molecule has 1 aliphatic heterocycles. The largest absolute Gasteiger partial charge is 0.494 e. The molecule has 0 saturated carbocycles. The zero-order chi connectivity index (χ0) is 17.3. The quantitative estimate of drug-likeness (QED) is 0.817. The normalized spacial score (nSPS) is 18.2. The molecule has 24 heavy (non-hydrogen) atoms. The molecule has 0 bridgehead atoms. The average molecular weight is 351 g/mol. The fourth-order valence-electron chi connectivity index (χ4n) is 2.90. The number of hydrogen-bond donors (Lipinski definition) is 0. The van der Waals surface area contributed by atoms with Gasteiger partial charge in [0.1, 0.15) is 5.60 Å². The number of methoxy groups -OCH3 is 2. The number of hydrogen-bond acceptors (Lipinski definition) is 6. The molecule has 1 aliphatic rings. The average Bonchev–Trinajstić information content (AvgIpc) is 3.23. The minimum atomic E-state index is -0.518. The Balaban J connectivity index is 1.87. The number of nitrogens with zero attached hydrogens (tertiary/aromatic N) is 3. The summed E-state index contributed by atoms with van der Waals surface area (Å²) in [7, 11) is 3.12. The van der Waals surface area contributed by atoms with Gasteiger partial charge in [-0.15, -0.1) is 0 Å². The highest BCUT2D eigenvalue weighted by molar-refractivity contribution is 7.09. The fraction of sp³-hybridized carbons (Fsp3) is 0.529. The maximum atomic E-state index is 14.1. The van der Waals surface area contributed by atoms with Crippen molar-refractivity contribution in [3.63, 3.8) is 0 Å². The summed E-state index contributed by atoms with van der Waals surface area (Å²) in [6.07, 6.45) is 2.01. The Morgan fingerprint density at radius 3 is 2.79 bits per heavy atom. The lowest BCUT2D eigenvalue weighted by Crippen LogP contribution is -2.24. The summed E-state index contributed by atoms with van der Waals surface area (Å²) in [5.74, 6) is 0.611. The van der Waals surface area contributed by atoms with Crippen LogP contribution in [-0.2, 0) is 10.3 Å². The van der Waals surface area contributed by atoms with Crippen LogP contribution in [0.1, 0.15) is 44.1 Å². The summed E-state index contributed by atoms with van der Waals surface area (Å²) in [4.78, 5) is 6.86. The van der Waals surface area contributed by atoms with E-state index < -0.39 is 5.60 Å². The summed E-state index contributed by atoms with van der Waals surface area (Å²) in [5.41, 5.74) is 0.421. The Morgan fingerprint density at radius 1 is 1.33 bits per heavy atom. The van der Waals surface area contributed by atoms with Crippen LogP contribution < -0.4 is 9.64 Å². The van der Waals surface area contributed by atoms with Crippen LogP contribution in [0.2, 0.25) is 0 Å². The second-order valence-electron chi connectivity index (χ2n) is 6.36. The fourth-order valence-corrected chi connectivity index (χ4v) is 3.78. The molecule has 1 aromatic carbocycles. The van der Waals surface area contributed by atoms with Crippen molar-refractivity contribution in [1.82, 2.24) is 9.36 Å². The van der Waals surface area contributed by atoms with Crippen molar-refractivity contribution >= 4 is 16.7 Å².